The third-order valence-electron chi connectivity index (χ3n) is 5.05. The lowest BCUT2D eigenvalue weighted by Crippen LogP contribution is -2.50. The van der Waals surface area contributed by atoms with Crippen molar-refractivity contribution < 1.29 is 50.9 Å². The number of alkyl halides is 6. The number of aryl methyl sites for hydroxylation is 1. The molecule has 3 N–H and O–H groups in total. The molecule has 182 valence electrons. The second-order valence-electron chi connectivity index (χ2n) is 7.16. The molecule has 0 saturated carbocycles. The normalized spacial score (nSPS) is 23.2. The summed E-state index contributed by atoms with van der Waals surface area (Å²) in [5.74, 6) is -4.97. The van der Waals surface area contributed by atoms with Gasteiger partial charge >= 0.3 is 24.3 Å². The van der Waals surface area contributed by atoms with Gasteiger partial charge in [0.2, 0.25) is 5.91 Å². The van der Waals surface area contributed by atoms with Crippen LogP contribution in [0.4, 0.5) is 26.3 Å². The van der Waals surface area contributed by atoms with E-state index in [9.17, 15) is 31.1 Å². The lowest BCUT2D eigenvalue weighted by Gasteiger charge is -2.40. The maximum Gasteiger partial charge on any atom is 0.490 e. The fourth-order valence-electron chi connectivity index (χ4n) is 3.58. The third-order valence-corrected chi connectivity index (χ3v) is 5.05. The maximum atomic E-state index is 12.6. The van der Waals surface area contributed by atoms with Crippen molar-refractivity contribution >= 4 is 17.8 Å². The number of carboxylic acid groups (broad SMARTS) is 2. The van der Waals surface area contributed by atoms with Crippen LogP contribution in [0.25, 0.3) is 0 Å². The molecule has 2 atom stereocenters. The van der Waals surface area contributed by atoms with Crippen LogP contribution >= 0.6 is 0 Å². The molecule has 2 saturated heterocycles. The molecule has 32 heavy (non-hydrogen) atoms. The highest BCUT2D eigenvalue weighted by atomic mass is 19.4. The molecule has 1 aromatic rings. The van der Waals surface area contributed by atoms with Crippen molar-refractivity contribution in [2.75, 3.05) is 26.7 Å². The predicted molar refractivity (Wildman–Crippen MR) is 95.5 cm³/mol. The van der Waals surface area contributed by atoms with Gasteiger partial charge in [-0.05, 0) is 18.9 Å². The van der Waals surface area contributed by atoms with Crippen molar-refractivity contribution in [3.63, 3.8) is 0 Å². The molecule has 1 spiro atoms. The number of piperidine rings is 1. The molecule has 1 aromatic heterocycles. The van der Waals surface area contributed by atoms with Crippen molar-refractivity contribution in [3.8, 4) is 0 Å². The van der Waals surface area contributed by atoms with Gasteiger partial charge in [0, 0.05) is 51.5 Å². The Labute approximate surface area is 178 Å². The van der Waals surface area contributed by atoms with E-state index in [4.69, 9.17) is 19.8 Å². The van der Waals surface area contributed by atoms with Gasteiger partial charge in [0.05, 0.1) is 5.41 Å². The number of carbonyl (C=O) groups excluding carboxylic acids is 1. The molecule has 3 rings (SSSR count). The predicted octanol–water partition coefficient (Wildman–Crippen LogP) is 1.61. The van der Waals surface area contributed by atoms with E-state index in [1.807, 2.05) is 35.9 Å². The minimum Gasteiger partial charge on any atom is -0.475 e. The number of nitrogens with one attached hydrogen (secondary N) is 1. The van der Waals surface area contributed by atoms with E-state index < -0.39 is 24.3 Å². The minimum atomic E-state index is -5.08. The van der Waals surface area contributed by atoms with Crippen LogP contribution in [-0.2, 0) is 21.4 Å². The zero-order valence-electron chi connectivity index (χ0n) is 17.0. The lowest BCUT2D eigenvalue weighted by atomic mass is 9.70. The van der Waals surface area contributed by atoms with Crippen molar-refractivity contribution in [2.45, 2.75) is 31.1 Å². The van der Waals surface area contributed by atoms with Crippen molar-refractivity contribution in [1.29, 1.82) is 0 Å². The SMILES string of the molecule is CN1CCC[C@@]2(CNC[C@@H]2c2ccnn2C)C1=O.O=C(O)C(F)(F)F.O=C(O)C(F)(F)F. The van der Waals surface area contributed by atoms with Crippen molar-refractivity contribution in [3.05, 3.63) is 18.0 Å². The quantitative estimate of drug-likeness (QED) is 0.526. The van der Waals surface area contributed by atoms with Crippen LogP contribution in [0.15, 0.2) is 12.3 Å². The molecular weight excluding hydrogens is 454 g/mol. The Morgan fingerprint density at radius 2 is 1.62 bits per heavy atom. The van der Waals surface area contributed by atoms with Gasteiger partial charge in [-0.1, -0.05) is 0 Å². The number of rotatable bonds is 1. The first-order valence-electron chi connectivity index (χ1n) is 9.08. The molecule has 0 radical (unpaired) electrons. The van der Waals surface area contributed by atoms with Crippen molar-refractivity contribution in [1.82, 2.24) is 20.0 Å². The van der Waals surface area contributed by atoms with Gasteiger partial charge < -0.3 is 20.4 Å². The smallest absolute Gasteiger partial charge is 0.475 e. The highest BCUT2D eigenvalue weighted by Gasteiger charge is 2.52. The summed E-state index contributed by atoms with van der Waals surface area (Å²) in [5, 5.41) is 21.9. The molecule has 2 fully saturated rings. The Hall–Kier alpha value is -2.84. The molecule has 15 heteroatoms. The van der Waals surface area contributed by atoms with Gasteiger partial charge in [-0.3, -0.25) is 9.48 Å². The number of carbonyl (C=O) groups is 3. The average molecular weight is 476 g/mol. The number of aliphatic carboxylic acids is 2. The largest absolute Gasteiger partial charge is 0.490 e. The first kappa shape index (κ1) is 27.2. The zero-order valence-corrected chi connectivity index (χ0v) is 17.0. The summed E-state index contributed by atoms with van der Waals surface area (Å²) in [6.07, 6.45) is -6.27. The van der Waals surface area contributed by atoms with Crippen LogP contribution in [0.3, 0.4) is 0 Å². The Morgan fingerprint density at radius 1 is 1.12 bits per heavy atom. The van der Waals surface area contributed by atoms with E-state index in [0.717, 1.165) is 32.5 Å². The topological polar surface area (TPSA) is 125 Å². The highest BCUT2D eigenvalue weighted by Crippen LogP contribution is 2.45. The van der Waals surface area contributed by atoms with Crippen LogP contribution in [0.1, 0.15) is 24.5 Å². The van der Waals surface area contributed by atoms with Gasteiger partial charge in [0.15, 0.2) is 0 Å². The highest BCUT2D eigenvalue weighted by molar-refractivity contribution is 5.85. The van der Waals surface area contributed by atoms with E-state index in [1.54, 1.807) is 0 Å². The number of carboxylic acids is 2. The van der Waals surface area contributed by atoms with E-state index >= 15 is 0 Å². The molecule has 0 aliphatic carbocycles. The summed E-state index contributed by atoms with van der Waals surface area (Å²) in [6.45, 7) is 2.56. The summed E-state index contributed by atoms with van der Waals surface area (Å²) in [4.78, 5) is 32.3. The Morgan fingerprint density at radius 3 is 2.03 bits per heavy atom. The Bertz CT molecular complexity index is 801. The van der Waals surface area contributed by atoms with Gasteiger partial charge in [-0.15, -0.1) is 0 Å². The molecule has 2 aliphatic rings. The summed E-state index contributed by atoms with van der Waals surface area (Å²) >= 11 is 0. The second kappa shape index (κ2) is 10.2. The summed E-state index contributed by atoms with van der Waals surface area (Å²) < 4.78 is 65.4. The van der Waals surface area contributed by atoms with Gasteiger partial charge in [-0.25, -0.2) is 9.59 Å². The standard InChI is InChI=1S/C13H20N4O.2C2HF3O2/c1-16-7-3-5-13(12(16)18)9-14-8-10(13)11-4-6-15-17(11)2;2*3-2(4,5)1(6)7/h4,6,10,14H,3,5,7-9H2,1-2H3;2*(H,6,7)/t10-,13+;;/m1../s1. The molecule has 9 nitrogen and oxygen atoms in total. The van der Waals surface area contributed by atoms with Gasteiger partial charge in [0.1, 0.15) is 0 Å². The fraction of sp³-hybridized carbons (Fsp3) is 0.647. The summed E-state index contributed by atoms with van der Waals surface area (Å²) in [5.41, 5.74) is 0.921. The van der Waals surface area contributed by atoms with Crippen LogP contribution in [0.5, 0.6) is 0 Å². The van der Waals surface area contributed by atoms with Crippen LogP contribution in [-0.4, -0.2) is 81.8 Å². The Kier molecular flexibility index (Phi) is 8.66. The van der Waals surface area contributed by atoms with Gasteiger partial charge in [0.25, 0.3) is 0 Å². The van der Waals surface area contributed by atoms with Crippen LogP contribution in [0, 0.1) is 5.41 Å². The van der Waals surface area contributed by atoms with Crippen LogP contribution < -0.4 is 5.32 Å². The monoisotopic (exact) mass is 476 g/mol. The molecule has 1 amide bonds. The molecular formula is C17H22F6N4O5. The van der Waals surface area contributed by atoms with E-state index in [1.165, 1.54) is 5.69 Å². The molecule has 2 aliphatic heterocycles. The number of hydrogen-bond donors (Lipinski definition) is 3. The molecule has 0 aromatic carbocycles. The number of nitrogens with zero attached hydrogens (tertiary/aromatic N) is 3. The number of halogens is 6. The summed E-state index contributed by atoms with van der Waals surface area (Å²) in [6, 6.07) is 2.04. The van der Waals surface area contributed by atoms with E-state index in [2.05, 4.69) is 10.4 Å². The van der Waals surface area contributed by atoms with Gasteiger partial charge in [-0.2, -0.15) is 31.4 Å². The second-order valence-corrected chi connectivity index (χ2v) is 7.16. The molecule has 0 unspecified atom stereocenters. The molecule has 3 heterocycles. The summed E-state index contributed by atoms with van der Waals surface area (Å²) in [7, 11) is 3.88. The van der Waals surface area contributed by atoms with E-state index in [0.29, 0.717) is 5.91 Å². The number of likely N-dealkylation sites (tertiary alicyclic amines) is 1. The average Bonchev–Trinajstić information content (AvgIpc) is 3.25. The molecule has 0 bridgehead atoms. The number of hydrogen-bond acceptors (Lipinski definition) is 5. The zero-order chi connectivity index (χ0) is 24.9. The van der Waals surface area contributed by atoms with Crippen LogP contribution in [0.2, 0.25) is 0 Å². The number of aromatic nitrogens is 2. The third kappa shape index (κ3) is 6.58. The Balaban J connectivity index is 0.000000305. The fourth-order valence-corrected chi connectivity index (χ4v) is 3.58. The van der Waals surface area contributed by atoms with Crippen molar-refractivity contribution in [2.24, 2.45) is 12.5 Å². The maximum absolute atomic E-state index is 12.6. The minimum absolute atomic E-state index is 0.249. The lowest BCUT2D eigenvalue weighted by molar-refractivity contribution is -0.193. The first-order valence-corrected chi connectivity index (χ1v) is 9.08. The van der Waals surface area contributed by atoms with E-state index in [-0.39, 0.29) is 11.3 Å². The number of amides is 1. The first-order chi connectivity index (χ1) is 14.5.